The van der Waals surface area contributed by atoms with Crippen molar-refractivity contribution in [1.29, 1.82) is 0 Å². The van der Waals surface area contributed by atoms with Crippen LogP contribution in [-0.4, -0.2) is 46.8 Å². The number of benzene rings is 1. The number of rotatable bonds is 2. The van der Waals surface area contributed by atoms with E-state index >= 15 is 0 Å². The number of allylic oxidation sites excluding steroid dienone is 2. The molecule has 0 aromatic heterocycles. The van der Waals surface area contributed by atoms with E-state index in [9.17, 15) is 14.4 Å². The number of aryl methyl sites for hydroxylation is 1. The molecule has 1 aromatic rings. The number of hydrogen-bond donors (Lipinski definition) is 1. The number of urea groups is 1. The van der Waals surface area contributed by atoms with Gasteiger partial charge in [0.2, 0.25) is 11.8 Å². The summed E-state index contributed by atoms with van der Waals surface area (Å²) in [5, 5.41) is 2.86. The van der Waals surface area contributed by atoms with Gasteiger partial charge in [0, 0.05) is 18.8 Å². The molecule has 2 saturated heterocycles. The fourth-order valence-corrected chi connectivity index (χ4v) is 3.90. The van der Waals surface area contributed by atoms with Gasteiger partial charge < -0.3 is 10.2 Å². The lowest BCUT2D eigenvalue weighted by Crippen LogP contribution is -2.63. The van der Waals surface area contributed by atoms with E-state index in [1.165, 1.54) is 4.90 Å². The molecule has 0 saturated carbocycles. The number of carbonyl (C=O) groups excluding carboxylic acids is 3. The van der Waals surface area contributed by atoms with Crippen LogP contribution in [0, 0.1) is 18.8 Å². The van der Waals surface area contributed by atoms with Crippen molar-refractivity contribution in [2.45, 2.75) is 25.8 Å². The van der Waals surface area contributed by atoms with E-state index < -0.39 is 0 Å². The lowest BCUT2D eigenvalue weighted by Gasteiger charge is -2.43. The first-order valence-corrected chi connectivity index (χ1v) is 8.69. The van der Waals surface area contributed by atoms with E-state index in [1.54, 1.807) is 4.90 Å². The normalized spacial score (nSPS) is 25.8. The lowest BCUT2D eigenvalue weighted by atomic mass is 9.85. The van der Waals surface area contributed by atoms with Gasteiger partial charge in [-0.3, -0.25) is 14.5 Å². The molecule has 25 heavy (non-hydrogen) atoms. The van der Waals surface area contributed by atoms with Gasteiger partial charge in [0.1, 0.15) is 0 Å². The standard InChI is InChI=1S/C19H21N3O3/c1-12-5-4-6-13(9-12)20-19(25)21-10-14(11-21)22-17(23)15-7-2-3-8-16(15)18(22)24/h2-6,9,14-16H,7-8,10-11H2,1H3,(H,20,25)/t15-,16-/m1/s1. The molecule has 0 bridgehead atoms. The Kier molecular flexibility index (Phi) is 3.82. The fraction of sp³-hybridized carbons (Fsp3) is 0.421. The summed E-state index contributed by atoms with van der Waals surface area (Å²) in [6.45, 7) is 2.78. The number of fused-ring (bicyclic) bond motifs is 1. The van der Waals surface area contributed by atoms with Gasteiger partial charge in [0.25, 0.3) is 0 Å². The molecule has 2 atom stereocenters. The van der Waals surface area contributed by atoms with Gasteiger partial charge in [-0.25, -0.2) is 4.79 Å². The molecule has 6 nitrogen and oxygen atoms in total. The maximum absolute atomic E-state index is 12.5. The Bertz CT molecular complexity index is 741. The van der Waals surface area contributed by atoms with E-state index in [-0.39, 0.29) is 35.7 Å². The second-order valence-corrected chi connectivity index (χ2v) is 7.06. The second kappa shape index (κ2) is 6.02. The molecule has 2 fully saturated rings. The summed E-state index contributed by atoms with van der Waals surface area (Å²) in [5.74, 6) is -0.536. The number of nitrogens with one attached hydrogen (secondary N) is 1. The number of imide groups is 1. The highest BCUT2D eigenvalue weighted by molar-refractivity contribution is 6.06. The van der Waals surface area contributed by atoms with Crippen LogP contribution in [0.1, 0.15) is 18.4 Å². The molecule has 1 N–H and O–H groups in total. The molecular formula is C19H21N3O3. The molecule has 1 aromatic carbocycles. The van der Waals surface area contributed by atoms with Gasteiger partial charge in [-0.1, -0.05) is 24.3 Å². The van der Waals surface area contributed by atoms with Crippen LogP contribution in [0.25, 0.3) is 0 Å². The summed E-state index contributed by atoms with van der Waals surface area (Å²) < 4.78 is 0. The molecule has 3 aliphatic rings. The van der Waals surface area contributed by atoms with Crippen molar-refractivity contribution in [2.24, 2.45) is 11.8 Å². The van der Waals surface area contributed by atoms with Crippen molar-refractivity contribution in [2.75, 3.05) is 18.4 Å². The molecule has 0 radical (unpaired) electrons. The highest BCUT2D eigenvalue weighted by Gasteiger charge is 2.52. The predicted octanol–water partition coefficient (Wildman–Crippen LogP) is 2.16. The first kappa shape index (κ1) is 15.9. The fourth-order valence-electron chi connectivity index (χ4n) is 3.90. The first-order valence-electron chi connectivity index (χ1n) is 8.69. The maximum Gasteiger partial charge on any atom is 0.321 e. The zero-order chi connectivity index (χ0) is 17.6. The van der Waals surface area contributed by atoms with Crippen LogP contribution in [-0.2, 0) is 9.59 Å². The van der Waals surface area contributed by atoms with Crippen LogP contribution in [0.3, 0.4) is 0 Å². The van der Waals surface area contributed by atoms with Crippen LogP contribution in [0.2, 0.25) is 0 Å². The van der Waals surface area contributed by atoms with Crippen molar-refractivity contribution >= 4 is 23.5 Å². The van der Waals surface area contributed by atoms with Gasteiger partial charge in [0.15, 0.2) is 0 Å². The minimum Gasteiger partial charge on any atom is -0.320 e. The van der Waals surface area contributed by atoms with Crippen LogP contribution in [0.5, 0.6) is 0 Å². The third kappa shape index (κ3) is 2.71. The van der Waals surface area contributed by atoms with Gasteiger partial charge in [-0.05, 0) is 37.5 Å². The number of hydrogen-bond acceptors (Lipinski definition) is 3. The Morgan fingerprint density at radius 1 is 1.08 bits per heavy atom. The molecular weight excluding hydrogens is 318 g/mol. The minimum absolute atomic E-state index is 0.0666. The average Bonchev–Trinajstić information content (AvgIpc) is 2.79. The Labute approximate surface area is 146 Å². The van der Waals surface area contributed by atoms with Gasteiger partial charge in [-0.2, -0.15) is 0 Å². The SMILES string of the molecule is Cc1cccc(NC(=O)N2CC(N3C(=O)[C@@H]4CC=CC[C@H]4C3=O)C2)c1. The Morgan fingerprint density at radius 3 is 2.32 bits per heavy atom. The van der Waals surface area contributed by atoms with Crippen LogP contribution in [0.4, 0.5) is 10.5 Å². The largest absolute Gasteiger partial charge is 0.321 e. The lowest BCUT2D eigenvalue weighted by molar-refractivity contribution is -0.145. The number of carbonyl (C=O) groups is 3. The molecule has 130 valence electrons. The molecule has 0 unspecified atom stereocenters. The Hall–Kier alpha value is -2.63. The second-order valence-electron chi connectivity index (χ2n) is 7.06. The van der Waals surface area contributed by atoms with Crippen molar-refractivity contribution in [3.05, 3.63) is 42.0 Å². The molecule has 4 rings (SSSR count). The highest BCUT2D eigenvalue weighted by atomic mass is 16.2. The summed E-state index contributed by atoms with van der Waals surface area (Å²) in [6, 6.07) is 7.22. The third-order valence-corrected chi connectivity index (χ3v) is 5.33. The minimum atomic E-state index is -0.201. The van der Waals surface area contributed by atoms with Crippen LogP contribution < -0.4 is 5.32 Å². The number of amides is 4. The average molecular weight is 339 g/mol. The summed E-state index contributed by atoms with van der Waals surface area (Å²) in [4.78, 5) is 40.4. The number of anilines is 1. The Balaban J connectivity index is 1.36. The highest BCUT2D eigenvalue weighted by Crippen LogP contribution is 2.37. The topological polar surface area (TPSA) is 69.7 Å². The smallest absolute Gasteiger partial charge is 0.320 e. The molecule has 2 heterocycles. The maximum atomic E-state index is 12.5. The summed E-state index contributed by atoms with van der Waals surface area (Å²) >= 11 is 0. The Morgan fingerprint density at radius 2 is 1.72 bits per heavy atom. The zero-order valence-electron chi connectivity index (χ0n) is 14.1. The number of likely N-dealkylation sites (tertiary alicyclic amines) is 2. The van der Waals surface area contributed by atoms with Gasteiger partial charge >= 0.3 is 6.03 Å². The van der Waals surface area contributed by atoms with E-state index in [0.29, 0.717) is 25.9 Å². The van der Waals surface area contributed by atoms with Crippen LogP contribution in [0.15, 0.2) is 36.4 Å². The van der Waals surface area contributed by atoms with Gasteiger partial charge in [-0.15, -0.1) is 0 Å². The van der Waals surface area contributed by atoms with Crippen molar-refractivity contribution < 1.29 is 14.4 Å². The van der Waals surface area contributed by atoms with E-state index in [2.05, 4.69) is 5.32 Å². The summed E-state index contributed by atoms with van der Waals surface area (Å²) in [5.41, 5.74) is 1.82. The number of nitrogens with zero attached hydrogens (tertiary/aromatic N) is 2. The molecule has 6 heteroatoms. The zero-order valence-corrected chi connectivity index (χ0v) is 14.1. The van der Waals surface area contributed by atoms with E-state index in [4.69, 9.17) is 0 Å². The van der Waals surface area contributed by atoms with Crippen molar-refractivity contribution in [3.63, 3.8) is 0 Å². The van der Waals surface area contributed by atoms with Crippen molar-refractivity contribution in [1.82, 2.24) is 9.80 Å². The molecule has 0 spiro atoms. The van der Waals surface area contributed by atoms with Crippen LogP contribution >= 0.6 is 0 Å². The quantitative estimate of drug-likeness (QED) is 0.663. The monoisotopic (exact) mass is 339 g/mol. The van der Waals surface area contributed by atoms with Gasteiger partial charge in [0.05, 0.1) is 17.9 Å². The van der Waals surface area contributed by atoms with E-state index in [0.717, 1.165) is 11.3 Å². The molecule has 1 aliphatic carbocycles. The summed E-state index contributed by atoms with van der Waals surface area (Å²) in [6.07, 6.45) is 5.27. The predicted molar refractivity (Wildman–Crippen MR) is 92.8 cm³/mol. The third-order valence-electron chi connectivity index (χ3n) is 5.33. The summed E-state index contributed by atoms with van der Waals surface area (Å²) in [7, 11) is 0. The van der Waals surface area contributed by atoms with Crippen molar-refractivity contribution in [3.8, 4) is 0 Å². The van der Waals surface area contributed by atoms with E-state index in [1.807, 2.05) is 43.3 Å². The molecule has 4 amide bonds. The first-order chi connectivity index (χ1) is 12.0. The molecule has 2 aliphatic heterocycles.